The van der Waals surface area contributed by atoms with Crippen LogP contribution in [0.4, 0.5) is 0 Å². The maximum atomic E-state index is 13.8. The summed E-state index contributed by atoms with van der Waals surface area (Å²) in [7, 11) is 1.97. The van der Waals surface area contributed by atoms with Crippen molar-refractivity contribution in [2.24, 2.45) is 0 Å². The second kappa shape index (κ2) is 9.19. The summed E-state index contributed by atoms with van der Waals surface area (Å²) in [6, 6.07) is 14.3. The van der Waals surface area contributed by atoms with Crippen molar-refractivity contribution in [1.29, 1.82) is 0 Å². The summed E-state index contributed by atoms with van der Waals surface area (Å²) in [6.07, 6.45) is 22.9. The third kappa shape index (κ3) is 3.99. The van der Waals surface area contributed by atoms with Gasteiger partial charge in [0, 0.05) is 0 Å². The van der Waals surface area contributed by atoms with Gasteiger partial charge in [-0.2, -0.15) is 0 Å². The molecule has 6 rings (SSSR count). The van der Waals surface area contributed by atoms with Gasteiger partial charge in [-0.1, -0.05) is 0 Å². The molecule has 4 aromatic rings. The van der Waals surface area contributed by atoms with Gasteiger partial charge in [-0.3, -0.25) is 0 Å². The molecule has 0 unspecified atom stereocenters. The zero-order valence-corrected chi connectivity index (χ0v) is 19.3. The predicted molar refractivity (Wildman–Crippen MR) is 144 cm³/mol. The summed E-state index contributed by atoms with van der Waals surface area (Å²) in [5, 5.41) is 0. The van der Waals surface area contributed by atoms with Crippen LogP contribution < -0.4 is 5.56 Å². The van der Waals surface area contributed by atoms with E-state index in [9.17, 15) is 4.79 Å². The summed E-state index contributed by atoms with van der Waals surface area (Å²) < 4.78 is 1.77. The third-order valence-electron chi connectivity index (χ3n) is 6.62. The summed E-state index contributed by atoms with van der Waals surface area (Å²) in [6.45, 7) is 0. The fourth-order valence-electron chi connectivity index (χ4n) is 4.87. The minimum absolute atomic E-state index is 0.0265. The number of rotatable bonds is 3. The van der Waals surface area contributed by atoms with Crippen LogP contribution in [0.3, 0.4) is 0 Å². The molecule has 0 atom stereocenters. The van der Waals surface area contributed by atoms with Crippen molar-refractivity contribution in [2.75, 3.05) is 0 Å². The SMILES string of the molecule is O=c1c(C2=C/Cc3cccnc3C/C=C\2)c[nH]c2c(C3=CCC=CC=C3)c(-c3ccccc3)bn12. The van der Waals surface area contributed by atoms with Crippen LogP contribution in [0.1, 0.15) is 28.8 Å². The van der Waals surface area contributed by atoms with Crippen LogP contribution >= 0.6 is 0 Å². The van der Waals surface area contributed by atoms with Gasteiger partial charge < -0.3 is 0 Å². The van der Waals surface area contributed by atoms with E-state index in [1.165, 1.54) is 5.56 Å². The molecule has 1 aromatic carbocycles. The van der Waals surface area contributed by atoms with Gasteiger partial charge in [0.25, 0.3) is 0 Å². The van der Waals surface area contributed by atoms with Crippen molar-refractivity contribution < 1.29 is 0 Å². The van der Waals surface area contributed by atoms with Crippen molar-refractivity contribution in [3.8, 4) is 11.0 Å². The predicted octanol–water partition coefficient (Wildman–Crippen LogP) is 5.67. The molecule has 2 aliphatic rings. The van der Waals surface area contributed by atoms with Crippen molar-refractivity contribution in [3.63, 3.8) is 0 Å². The van der Waals surface area contributed by atoms with Gasteiger partial charge in [0.2, 0.25) is 0 Å². The summed E-state index contributed by atoms with van der Waals surface area (Å²) in [5.74, 6) is 0. The molecule has 0 radical (unpaired) electrons. The Labute approximate surface area is 204 Å². The number of fused-ring (bicyclic) bond motifs is 2. The van der Waals surface area contributed by atoms with Gasteiger partial charge >= 0.3 is 205 Å². The normalized spacial score (nSPS) is 17.5. The molecular weight excluding hydrogens is 429 g/mol. The van der Waals surface area contributed by atoms with E-state index in [1.54, 1.807) is 4.31 Å². The van der Waals surface area contributed by atoms with E-state index in [1.807, 2.05) is 49.8 Å². The third-order valence-corrected chi connectivity index (χ3v) is 6.62. The van der Waals surface area contributed by atoms with E-state index in [2.05, 4.69) is 70.7 Å². The zero-order valence-electron chi connectivity index (χ0n) is 19.3. The number of aromatic nitrogens is 3. The Bertz CT molecular complexity index is 1630. The van der Waals surface area contributed by atoms with Crippen LogP contribution in [0.2, 0.25) is 0 Å². The Kier molecular flexibility index (Phi) is 5.59. The van der Waals surface area contributed by atoms with Crippen molar-refractivity contribution in [1.82, 2.24) is 14.3 Å². The molecule has 3 aromatic heterocycles. The number of nitrogens with zero attached hydrogens (tertiary/aromatic N) is 2. The van der Waals surface area contributed by atoms with E-state index in [-0.39, 0.29) is 5.56 Å². The zero-order chi connectivity index (χ0) is 23.6. The Morgan fingerprint density at radius 2 is 1.83 bits per heavy atom. The van der Waals surface area contributed by atoms with Gasteiger partial charge in [0.05, 0.1) is 0 Å². The standard InChI is InChI=1S/C30H24BN3O/c35-30-25(21-14-8-16-26-22(18-17-21)15-9-19-32-26)20-33-29-27(23-10-4-1-2-5-11-23)28(31-34(29)30)24-12-6-3-7-13-24/h1-4,6-15,17,19-20,33H,5,16,18H2/b14-8-,21-17+. The number of benzene rings is 1. The molecule has 168 valence electrons. The van der Waals surface area contributed by atoms with Crippen molar-refractivity contribution >= 4 is 23.8 Å². The Hall–Kier alpha value is -4.25. The van der Waals surface area contributed by atoms with Gasteiger partial charge in [0.15, 0.2) is 0 Å². The Morgan fingerprint density at radius 1 is 0.914 bits per heavy atom. The topological polar surface area (TPSA) is 50.2 Å². The average Bonchev–Trinajstić information content (AvgIpc) is 3.07. The molecule has 4 nitrogen and oxygen atoms in total. The van der Waals surface area contributed by atoms with Gasteiger partial charge in [-0.15, -0.1) is 0 Å². The second-order valence-corrected chi connectivity index (χ2v) is 8.77. The van der Waals surface area contributed by atoms with Crippen molar-refractivity contribution in [3.05, 3.63) is 136 Å². The molecule has 0 spiro atoms. The number of pyridine rings is 1. The average molecular weight is 453 g/mol. The van der Waals surface area contributed by atoms with Crippen LogP contribution in [-0.2, 0) is 12.8 Å². The number of H-pyrrole nitrogens is 1. The van der Waals surface area contributed by atoms with E-state index in [0.29, 0.717) is 5.56 Å². The molecule has 3 heterocycles. The summed E-state index contributed by atoms with van der Waals surface area (Å²) >= 11 is 0. The number of hydrogen-bond donors (Lipinski definition) is 1. The van der Waals surface area contributed by atoms with E-state index >= 15 is 0 Å². The fraction of sp³-hybridized carbons (Fsp3) is 0.100. The summed E-state index contributed by atoms with van der Waals surface area (Å²) in [4.78, 5) is 21.8. The van der Waals surface area contributed by atoms with E-state index in [0.717, 1.165) is 58.3 Å². The molecular formula is C30H24BN3O. The first-order valence-electron chi connectivity index (χ1n) is 12.0. The molecule has 0 fully saturated rings. The molecule has 2 aliphatic carbocycles. The number of hydrogen-bond acceptors (Lipinski definition) is 2. The quantitative estimate of drug-likeness (QED) is 0.435. The molecule has 0 saturated carbocycles. The van der Waals surface area contributed by atoms with Crippen LogP contribution in [0.5, 0.6) is 0 Å². The molecule has 0 bridgehead atoms. The maximum absolute atomic E-state index is 13.8. The molecule has 0 amide bonds. The van der Waals surface area contributed by atoms with Crippen LogP contribution in [0.15, 0.2) is 108 Å². The van der Waals surface area contributed by atoms with Gasteiger partial charge in [-0.05, 0) is 0 Å². The van der Waals surface area contributed by atoms with Gasteiger partial charge in [-0.25, -0.2) is 0 Å². The fourth-order valence-corrected chi connectivity index (χ4v) is 4.87. The van der Waals surface area contributed by atoms with Gasteiger partial charge in [0.1, 0.15) is 0 Å². The molecule has 0 aliphatic heterocycles. The minimum atomic E-state index is -0.0265. The first-order chi connectivity index (χ1) is 17.3. The number of nitrogens with one attached hydrogen (secondary N) is 1. The molecule has 0 saturated heterocycles. The molecule has 5 heteroatoms. The first-order valence-corrected chi connectivity index (χ1v) is 12.0. The Balaban J connectivity index is 1.52. The van der Waals surface area contributed by atoms with E-state index < -0.39 is 0 Å². The van der Waals surface area contributed by atoms with Crippen LogP contribution in [0.25, 0.3) is 27.8 Å². The van der Waals surface area contributed by atoms with E-state index in [4.69, 9.17) is 0 Å². The van der Waals surface area contributed by atoms with Crippen molar-refractivity contribution in [2.45, 2.75) is 19.3 Å². The van der Waals surface area contributed by atoms with Crippen LogP contribution in [0, 0.1) is 0 Å². The number of aromatic amines is 1. The first kappa shape index (κ1) is 21.3. The molecule has 35 heavy (non-hydrogen) atoms. The second-order valence-electron chi connectivity index (χ2n) is 8.77. The summed E-state index contributed by atoms with van der Waals surface area (Å²) in [5.41, 5.74) is 8.92. The van der Waals surface area contributed by atoms with Crippen LogP contribution in [-0.4, -0.2) is 21.3 Å². The number of allylic oxidation sites excluding steroid dienone is 10. The monoisotopic (exact) mass is 453 g/mol. The Morgan fingerprint density at radius 3 is 2.74 bits per heavy atom. The molecule has 1 N–H and O–H groups in total.